The summed E-state index contributed by atoms with van der Waals surface area (Å²) >= 11 is 7.43. The molecule has 0 amide bonds. The summed E-state index contributed by atoms with van der Waals surface area (Å²) in [5, 5.41) is 12.4. The largest absolute Gasteiger partial charge is 0.395 e. The fraction of sp³-hybridized carbons (Fsp3) is 0.600. The van der Waals surface area contributed by atoms with Crippen molar-refractivity contribution in [3.63, 3.8) is 0 Å². The predicted molar refractivity (Wildman–Crippen MR) is 62.0 cm³/mol. The van der Waals surface area contributed by atoms with E-state index in [0.717, 1.165) is 10.8 Å². The summed E-state index contributed by atoms with van der Waals surface area (Å²) in [6.45, 7) is 4.32. The first kappa shape index (κ1) is 12.0. The predicted octanol–water partition coefficient (Wildman–Crippen LogP) is 2.82. The van der Waals surface area contributed by atoms with Crippen molar-refractivity contribution in [2.75, 3.05) is 6.61 Å². The maximum absolute atomic E-state index is 9.04. The molecular formula is C10H16ClNOS. The first-order chi connectivity index (χ1) is 6.67. The second kappa shape index (κ2) is 5.71. The Balaban J connectivity index is 2.53. The molecule has 1 unspecified atom stereocenters. The molecule has 80 valence electrons. The van der Waals surface area contributed by atoms with Gasteiger partial charge in [0.25, 0.3) is 0 Å². The van der Waals surface area contributed by atoms with Gasteiger partial charge in [0.1, 0.15) is 0 Å². The van der Waals surface area contributed by atoms with E-state index in [-0.39, 0.29) is 18.7 Å². The van der Waals surface area contributed by atoms with Crippen LogP contribution in [0.3, 0.4) is 0 Å². The molecule has 1 aromatic rings. The zero-order valence-electron chi connectivity index (χ0n) is 8.46. The highest BCUT2D eigenvalue weighted by atomic mass is 35.5. The number of rotatable bonds is 5. The van der Waals surface area contributed by atoms with Gasteiger partial charge in [-0.1, -0.05) is 18.5 Å². The average molecular weight is 234 g/mol. The molecule has 14 heavy (non-hydrogen) atoms. The third kappa shape index (κ3) is 3.24. The van der Waals surface area contributed by atoms with E-state index in [4.69, 9.17) is 16.7 Å². The van der Waals surface area contributed by atoms with E-state index in [9.17, 15) is 0 Å². The first-order valence-corrected chi connectivity index (χ1v) is 5.99. The summed E-state index contributed by atoms with van der Waals surface area (Å²) in [5.41, 5.74) is 0. The van der Waals surface area contributed by atoms with Crippen molar-refractivity contribution in [3.8, 4) is 0 Å². The lowest BCUT2D eigenvalue weighted by Gasteiger charge is -2.19. The molecule has 2 N–H and O–H groups in total. The Morgan fingerprint density at radius 2 is 2.29 bits per heavy atom. The van der Waals surface area contributed by atoms with Crippen LogP contribution in [0, 0.1) is 0 Å². The summed E-state index contributed by atoms with van der Waals surface area (Å²) in [7, 11) is 0. The molecule has 0 fully saturated rings. The molecule has 2 atom stereocenters. The number of hydrogen-bond donors (Lipinski definition) is 2. The van der Waals surface area contributed by atoms with E-state index >= 15 is 0 Å². The summed E-state index contributed by atoms with van der Waals surface area (Å²) in [6, 6.07) is 4.35. The maximum Gasteiger partial charge on any atom is 0.0931 e. The van der Waals surface area contributed by atoms with Crippen LogP contribution < -0.4 is 5.32 Å². The Kier molecular flexibility index (Phi) is 4.89. The summed E-state index contributed by atoms with van der Waals surface area (Å²) in [6.07, 6.45) is 0.931. The Bertz CT molecular complexity index is 273. The van der Waals surface area contributed by atoms with Gasteiger partial charge in [0, 0.05) is 17.0 Å². The van der Waals surface area contributed by atoms with E-state index < -0.39 is 0 Å². The van der Waals surface area contributed by atoms with Gasteiger partial charge in [0.05, 0.1) is 10.9 Å². The van der Waals surface area contributed by atoms with E-state index in [1.807, 2.05) is 12.1 Å². The zero-order valence-corrected chi connectivity index (χ0v) is 10.0. The Morgan fingerprint density at radius 3 is 2.71 bits per heavy atom. The lowest BCUT2D eigenvalue weighted by molar-refractivity contribution is 0.230. The van der Waals surface area contributed by atoms with Gasteiger partial charge in [0.15, 0.2) is 0 Å². The summed E-state index contributed by atoms with van der Waals surface area (Å²) in [5.74, 6) is 0. The molecule has 1 heterocycles. The molecule has 0 aliphatic rings. The lowest BCUT2D eigenvalue weighted by atomic mass is 10.2. The van der Waals surface area contributed by atoms with Gasteiger partial charge in [0.2, 0.25) is 0 Å². The number of halogens is 1. The van der Waals surface area contributed by atoms with Crippen LogP contribution in [-0.4, -0.2) is 17.8 Å². The van der Waals surface area contributed by atoms with Gasteiger partial charge < -0.3 is 10.4 Å². The van der Waals surface area contributed by atoms with Gasteiger partial charge in [-0.25, -0.2) is 0 Å². The van der Waals surface area contributed by atoms with Gasteiger partial charge in [-0.3, -0.25) is 0 Å². The number of thiophene rings is 1. The molecule has 0 aliphatic carbocycles. The molecule has 2 nitrogen and oxygen atoms in total. The normalized spacial score (nSPS) is 15.4. The zero-order chi connectivity index (χ0) is 10.6. The third-order valence-corrected chi connectivity index (χ3v) is 3.63. The van der Waals surface area contributed by atoms with E-state index in [1.165, 1.54) is 4.88 Å². The Labute approximate surface area is 93.9 Å². The van der Waals surface area contributed by atoms with Crippen LogP contribution in [0.4, 0.5) is 0 Å². The molecule has 0 aliphatic heterocycles. The lowest BCUT2D eigenvalue weighted by Crippen LogP contribution is -2.33. The number of hydrogen-bond acceptors (Lipinski definition) is 3. The van der Waals surface area contributed by atoms with E-state index in [0.29, 0.717) is 0 Å². The first-order valence-electron chi connectivity index (χ1n) is 4.79. The second-order valence-electron chi connectivity index (χ2n) is 3.32. The van der Waals surface area contributed by atoms with Crippen LogP contribution in [0.2, 0.25) is 4.34 Å². The SMILES string of the molecule is CC[C@@H](CO)NC(C)c1ccc(Cl)s1. The van der Waals surface area contributed by atoms with Crippen molar-refractivity contribution in [2.45, 2.75) is 32.4 Å². The molecule has 0 saturated heterocycles. The maximum atomic E-state index is 9.04. The quantitative estimate of drug-likeness (QED) is 0.820. The topological polar surface area (TPSA) is 32.3 Å². The molecule has 4 heteroatoms. The second-order valence-corrected chi connectivity index (χ2v) is 5.06. The van der Waals surface area contributed by atoms with Crippen molar-refractivity contribution in [1.29, 1.82) is 0 Å². The fourth-order valence-corrected chi connectivity index (χ4v) is 2.37. The minimum atomic E-state index is 0.172. The minimum Gasteiger partial charge on any atom is -0.395 e. The van der Waals surface area contributed by atoms with Crippen LogP contribution in [-0.2, 0) is 0 Å². The molecule has 0 saturated carbocycles. The van der Waals surface area contributed by atoms with Crippen LogP contribution in [0.5, 0.6) is 0 Å². The standard InChI is InChI=1S/C10H16ClNOS/c1-3-8(6-13)12-7(2)9-4-5-10(11)14-9/h4-5,7-8,12-13H,3,6H2,1-2H3/t7?,8-/m0/s1. The van der Waals surface area contributed by atoms with Crippen molar-refractivity contribution in [3.05, 3.63) is 21.3 Å². The monoisotopic (exact) mass is 233 g/mol. The minimum absolute atomic E-state index is 0.172. The third-order valence-electron chi connectivity index (χ3n) is 2.22. The van der Waals surface area contributed by atoms with Crippen LogP contribution in [0.25, 0.3) is 0 Å². The van der Waals surface area contributed by atoms with Crippen molar-refractivity contribution >= 4 is 22.9 Å². The molecule has 0 bridgehead atoms. The van der Waals surface area contributed by atoms with Crippen LogP contribution in [0.1, 0.15) is 31.2 Å². The molecule has 1 rings (SSSR count). The molecule has 0 aromatic carbocycles. The highest BCUT2D eigenvalue weighted by molar-refractivity contribution is 7.16. The van der Waals surface area contributed by atoms with E-state index in [2.05, 4.69) is 19.2 Å². The van der Waals surface area contributed by atoms with Crippen LogP contribution in [0.15, 0.2) is 12.1 Å². The summed E-state index contributed by atoms with van der Waals surface area (Å²) in [4.78, 5) is 1.21. The van der Waals surface area contributed by atoms with E-state index in [1.54, 1.807) is 11.3 Å². The number of nitrogens with one attached hydrogen (secondary N) is 1. The van der Waals surface area contributed by atoms with Crippen LogP contribution >= 0.6 is 22.9 Å². The van der Waals surface area contributed by atoms with Crippen molar-refractivity contribution in [2.24, 2.45) is 0 Å². The van der Waals surface area contributed by atoms with Crippen molar-refractivity contribution < 1.29 is 5.11 Å². The smallest absolute Gasteiger partial charge is 0.0931 e. The molecular weight excluding hydrogens is 218 g/mol. The summed E-state index contributed by atoms with van der Waals surface area (Å²) < 4.78 is 0.811. The average Bonchev–Trinajstić information content (AvgIpc) is 2.61. The number of aliphatic hydroxyl groups is 1. The van der Waals surface area contributed by atoms with Gasteiger partial charge in [-0.15, -0.1) is 11.3 Å². The molecule has 0 radical (unpaired) electrons. The molecule has 1 aromatic heterocycles. The van der Waals surface area contributed by atoms with Gasteiger partial charge >= 0.3 is 0 Å². The highest BCUT2D eigenvalue weighted by Crippen LogP contribution is 2.26. The molecule has 0 spiro atoms. The van der Waals surface area contributed by atoms with Crippen molar-refractivity contribution in [1.82, 2.24) is 5.32 Å². The highest BCUT2D eigenvalue weighted by Gasteiger charge is 2.12. The van der Waals surface area contributed by atoms with Gasteiger partial charge in [-0.2, -0.15) is 0 Å². The fourth-order valence-electron chi connectivity index (χ4n) is 1.30. The van der Waals surface area contributed by atoms with Gasteiger partial charge in [-0.05, 0) is 25.5 Å². The Morgan fingerprint density at radius 1 is 1.57 bits per heavy atom. The number of aliphatic hydroxyl groups excluding tert-OH is 1. The Hall–Kier alpha value is -0.0900.